The quantitative estimate of drug-likeness (QED) is 0.792. The number of carboxylic acids is 1. The molecule has 0 spiro atoms. The van der Waals surface area contributed by atoms with Crippen molar-refractivity contribution in [2.75, 3.05) is 0 Å². The highest BCUT2D eigenvalue weighted by Gasteiger charge is 2.38. The molecule has 2 N–H and O–H groups in total. The molecule has 0 saturated heterocycles. The van der Waals surface area contributed by atoms with Gasteiger partial charge in [-0.05, 0) is 36.9 Å². The van der Waals surface area contributed by atoms with E-state index in [-0.39, 0.29) is 28.6 Å². The molecule has 140 valence electrons. The molecule has 2 heterocycles. The first-order chi connectivity index (χ1) is 12.1. The van der Waals surface area contributed by atoms with Gasteiger partial charge in [0.15, 0.2) is 6.10 Å². The Hall–Kier alpha value is -2.62. The largest absolute Gasteiger partial charge is 0.477 e. The van der Waals surface area contributed by atoms with Crippen LogP contribution in [0.25, 0.3) is 0 Å². The van der Waals surface area contributed by atoms with Crippen LogP contribution in [0.4, 0.5) is 13.2 Å². The minimum Gasteiger partial charge on any atom is -0.477 e. The van der Waals surface area contributed by atoms with E-state index in [1.165, 1.54) is 19.1 Å². The number of carbonyl (C=O) groups excluding carboxylic acids is 1. The van der Waals surface area contributed by atoms with E-state index in [1.54, 1.807) is 11.4 Å². The molecule has 0 aromatic carbocycles. The molecule has 1 atom stereocenters. The van der Waals surface area contributed by atoms with E-state index in [0.29, 0.717) is 5.56 Å². The van der Waals surface area contributed by atoms with E-state index in [0.717, 1.165) is 18.3 Å². The van der Waals surface area contributed by atoms with Gasteiger partial charge < -0.3 is 15.2 Å². The molecule has 2 rings (SSSR count). The van der Waals surface area contributed by atoms with E-state index < -0.39 is 24.2 Å². The van der Waals surface area contributed by atoms with Gasteiger partial charge in [0.05, 0.1) is 11.3 Å². The molecular weight excluding hydrogens is 373 g/mol. The van der Waals surface area contributed by atoms with Crippen molar-refractivity contribution in [2.45, 2.75) is 32.7 Å². The zero-order valence-corrected chi connectivity index (χ0v) is 14.6. The normalized spacial score (nSPS) is 12.5. The molecule has 0 saturated carbocycles. The number of pyridine rings is 1. The predicted octanol–water partition coefficient (Wildman–Crippen LogP) is 3.41. The van der Waals surface area contributed by atoms with E-state index in [2.05, 4.69) is 10.3 Å². The fraction of sp³-hybridized carbons (Fsp3) is 0.312. The lowest BCUT2D eigenvalue weighted by atomic mass is 10.2. The molecule has 0 fully saturated rings. The topological polar surface area (TPSA) is 88.5 Å². The van der Waals surface area contributed by atoms with Gasteiger partial charge in [0, 0.05) is 12.6 Å². The van der Waals surface area contributed by atoms with E-state index in [1.807, 2.05) is 0 Å². The van der Waals surface area contributed by atoms with Crippen molar-refractivity contribution in [3.63, 3.8) is 0 Å². The molecule has 0 aliphatic heterocycles. The zero-order chi connectivity index (χ0) is 19.5. The number of aryl methyl sites for hydroxylation is 1. The van der Waals surface area contributed by atoms with Crippen molar-refractivity contribution in [1.82, 2.24) is 10.3 Å². The first kappa shape index (κ1) is 19.7. The van der Waals surface area contributed by atoms with Crippen LogP contribution in [0.2, 0.25) is 0 Å². The van der Waals surface area contributed by atoms with Crippen LogP contribution in [-0.4, -0.2) is 34.2 Å². The summed E-state index contributed by atoms with van der Waals surface area (Å²) in [5.74, 6) is -1.84. The van der Waals surface area contributed by atoms with Gasteiger partial charge in [-0.25, -0.2) is 9.78 Å². The van der Waals surface area contributed by atoms with Crippen molar-refractivity contribution in [3.8, 4) is 5.88 Å². The molecule has 0 bridgehead atoms. The van der Waals surface area contributed by atoms with Crippen LogP contribution in [0, 0.1) is 6.92 Å². The highest BCUT2D eigenvalue weighted by atomic mass is 32.1. The van der Waals surface area contributed by atoms with Gasteiger partial charge in [-0.15, -0.1) is 11.3 Å². The monoisotopic (exact) mass is 388 g/mol. The molecule has 10 heteroatoms. The molecule has 26 heavy (non-hydrogen) atoms. The summed E-state index contributed by atoms with van der Waals surface area (Å²) in [7, 11) is 0. The number of nitrogens with one attached hydrogen (secondary N) is 1. The molecule has 6 nitrogen and oxygen atoms in total. The second kappa shape index (κ2) is 7.73. The number of aromatic carboxylic acids is 1. The Labute approximate surface area is 150 Å². The molecule has 1 amide bonds. The lowest BCUT2D eigenvalue weighted by molar-refractivity contribution is -0.190. The fourth-order valence-electron chi connectivity index (χ4n) is 2.02. The van der Waals surface area contributed by atoms with E-state index >= 15 is 0 Å². The van der Waals surface area contributed by atoms with Gasteiger partial charge in [0.2, 0.25) is 5.88 Å². The van der Waals surface area contributed by atoms with Gasteiger partial charge in [-0.2, -0.15) is 13.2 Å². The second-order valence-electron chi connectivity index (χ2n) is 5.35. The van der Waals surface area contributed by atoms with Crippen LogP contribution in [0.15, 0.2) is 23.6 Å². The highest BCUT2D eigenvalue weighted by Crippen LogP contribution is 2.24. The van der Waals surface area contributed by atoms with Crippen LogP contribution in [0.1, 0.15) is 38.2 Å². The van der Waals surface area contributed by atoms with Crippen LogP contribution in [-0.2, 0) is 6.54 Å². The lowest BCUT2D eigenvalue weighted by Crippen LogP contribution is -2.31. The molecule has 0 aliphatic carbocycles. The Morgan fingerprint density at radius 3 is 2.62 bits per heavy atom. The maximum atomic E-state index is 12.5. The molecular formula is C16H15F3N2O4S. The summed E-state index contributed by atoms with van der Waals surface area (Å²) in [4.78, 5) is 27.3. The summed E-state index contributed by atoms with van der Waals surface area (Å²) < 4.78 is 42.3. The first-order valence-electron chi connectivity index (χ1n) is 7.38. The number of thiophene rings is 1. The third-order valence-corrected chi connectivity index (χ3v) is 4.39. The average Bonchev–Trinajstić information content (AvgIpc) is 3.00. The average molecular weight is 388 g/mol. The minimum absolute atomic E-state index is 0.00671. The van der Waals surface area contributed by atoms with Crippen molar-refractivity contribution in [1.29, 1.82) is 0 Å². The Balaban J connectivity index is 2.05. The Bertz CT molecular complexity index is 820. The lowest BCUT2D eigenvalue weighted by Gasteiger charge is -2.17. The van der Waals surface area contributed by atoms with Crippen LogP contribution in [0.3, 0.4) is 0 Å². The third kappa shape index (κ3) is 4.72. The first-order valence-corrected chi connectivity index (χ1v) is 8.26. The predicted molar refractivity (Wildman–Crippen MR) is 87.6 cm³/mol. The maximum Gasteiger partial charge on any atom is 0.425 e. The highest BCUT2D eigenvalue weighted by molar-refractivity contribution is 7.12. The van der Waals surface area contributed by atoms with Crippen LogP contribution >= 0.6 is 11.3 Å². The summed E-state index contributed by atoms with van der Waals surface area (Å²) in [5, 5.41) is 13.2. The minimum atomic E-state index is -4.52. The summed E-state index contributed by atoms with van der Waals surface area (Å²) in [5.41, 5.74) is 0.808. The number of amides is 1. The van der Waals surface area contributed by atoms with Crippen LogP contribution in [0.5, 0.6) is 5.88 Å². The Morgan fingerprint density at radius 1 is 1.35 bits per heavy atom. The van der Waals surface area contributed by atoms with Crippen molar-refractivity contribution in [3.05, 3.63) is 45.3 Å². The van der Waals surface area contributed by atoms with Gasteiger partial charge in [0.25, 0.3) is 5.91 Å². The van der Waals surface area contributed by atoms with E-state index in [9.17, 15) is 22.8 Å². The fourth-order valence-corrected chi connectivity index (χ4v) is 2.79. The van der Waals surface area contributed by atoms with E-state index in [4.69, 9.17) is 9.84 Å². The number of carbonyl (C=O) groups is 2. The SMILES string of the molecule is Cc1nc(OC(C)C(F)(F)F)ccc1C(=O)NCc1ccsc1C(=O)O. The number of aromatic nitrogens is 1. The number of rotatable bonds is 6. The summed E-state index contributed by atoms with van der Waals surface area (Å²) in [6, 6.07) is 4.08. The van der Waals surface area contributed by atoms with Crippen molar-refractivity contribution >= 4 is 23.2 Å². The summed E-state index contributed by atoms with van der Waals surface area (Å²) in [6.07, 6.45) is -6.55. The number of hydrogen-bond donors (Lipinski definition) is 2. The Morgan fingerprint density at radius 2 is 2.04 bits per heavy atom. The van der Waals surface area contributed by atoms with Gasteiger partial charge >= 0.3 is 12.1 Å². The standard InChI is InChI=1S/C16H15F3N2O4S/c1-8-11(3-4-12(21-8)25-9(2)16(17,18)19)14(22)20-7-10-5-6-26-13(10)15(23)24/h3-6,9H,7H2,1-2H3,(H,20,22)(H,23,24). The Kier molecular flexibility index (Phi) is 5.86. The molecule has 0 radical (unpaired) electrons. The van der Waals surface area contributed by atoms with Crippen molar-refractivity contribution < 1.29 is 32.6 Å². The summed E-state index contributed by atoms with van der Waals surface area (Å²) >= 11 is 1.05. The number of carboxylic acid groups (broad SMARTS) is 1. The van der Waals surface area contributed by atoms with Crippen molar-refractivity contribution in [2.24, 2.45) is 0 Å². The summed E-state index contributed by atoms with van der Waals surface area (Å²) in [6.45, 7) is 2.33. The second-order valence-corrected chi connectivity index (χ2v) is 6.26. The number of hydrogen-bond acceptors (Lipinski definition) is 5. The van der Waals surface area contributed by atoms with Gasteiger partial charge in [0.1, 0.15) is 4.88 Å². The number of nitrogens with zero attached hydrogens (tertiary/aromatic N) is 1. The number of ether oxygens (including phenoxy) is 1. The van der Waals surface area contributed by atoms with Gasteiger partial charge in [-0.3, -0.25) is 4.79 Å². The number of alkyl halides is 3. The number of halogens is 3. The van der Waals surface area contributed by atoms with Gasteiger partial charge in [-0.1, -0.05) is 0 Å². The third-order valence-electron chi connectivity index (χ3n) is 3.44. The molecule has 0 aliphatic rings. The maximum absolute atomic E-state index is 12.5. The zero-order valence-electron chi connectivity index (χ0n) is 13.8. The smallest absolute Gasteiger partial charge is 0.425 e. The molecule has 2 aromatic rings. The molecule has 2 aromatic heterocycles. The molecule has 1 unspecified atom stereocenters. The van der Waals surface area contributed by atoms with Crippen LogP contribution < -0.4 is 10.1 Å².